The van der Waals surface area contributed by atoms with Crippen molar-refractivity contribution in [1.29, 1.82) is 0 Å². The predicted molar refractivity (Wildman–Crippen MR) is 112 cm³/mol. The number of ether oxygens (including phenoxy) is 4. The first-order valence-electron chi connectivity index (χ1n) is 10.6. The summed E-state index contributed by atoms with van der Waals surface area (Å²) in [6, 6.07) is 0. The number of carbonyl (C=O) groups excluding carboxylic acids is 4. The Bertz CT molecular complexity index is 745. The number of rotatable bonds is 10. The number of terminal acetylenes is 1. The number of hydrogen-bond acceptors (Lipinski definition) is 8. The standard InChI is InChI=1S/C23H33FO8/c1-8-10-11-18(27)31-20(17(9-2)30-15(5)26)19-16(12-13(3)25)14(4)21(24)23(6,32-19)22(28)29-7/h1,14,16-17,19-21H,9-12H2,2-7H3/t14?,16?,17-,19?,20-,21?,23?/m1/s1. The minimum absolute atomic E-state index is 0.0849. The Kier molecular flexibility index (Phi) is 10.3. The van der Waals surface area contributed by atoms with Crippen LogP contribution in [0.15, 0.2) is 0 Å². The van der Waals surface area contributed by atoms with Crippen molar-refractivity contribution in [3.8, 4) is 12.3 Å². The molecule has 0 spiro atoms. The molecule has 0 N–H and O–H groups in total. The summed E-state index contributed by atoms with van der Waals surface area (Å²) in [5, 5.41) is 0. The second-order valence-corrected chi connectivity index (χ2v) is 8.23. The van der Waals surface area contributed by atoms with Crippen molar-refractivity contribution in [2.24, 2.45) is 11.8 Å². The number of alkyl halides is 1. The van der Waals surface area contributed by atoms with E-state index in [0.29, 0.717) is 0 Å². The van der Waals surface area contributed by atoms with E-state index in [1.807, 2.05) is 0 Å². The van der Waals surface area contributed by atoms with Gasteiger partial charge < -0.3 is 23.7 Å². The van der Waals surface area contributed by atoms with E-state index < -0.39 is 59.8 Å². The molecule has 180 valence electrons. The minimum atomic E-state index is -2.01. The first-order valence-corrected chi connectivity index (χ1v) is 10.6. The van der Waals surface area contributed by atoms with Gasteiger partial charge >= 0.3 is 17.9 Å². The zero-order valence-corrected chi connectivity index (χ0v) is 19.5. The molecule has 1 aliphatic rings. The number of methoxy groups -OCH3 is 1. The Balaban J connectivity index is 3.52. The highest BCUT2D eigenvalue weighted by molar-refractivity contribution is 5.80. The Labute approximate surface area is 188 Å². The lowest BCUT2D eigenvalue weighted by Gasteiger charge is -2.49. The highest BCUT2D eigenvalue weighted by Gasteiger charge is 2.59. The van der Waals surface area contributed by atoms with Crippen LogP contribution in [0.4, 0.5) is 4.39 Å². The molecule has 1 saturated heterocycles. The zero-order valence-electron chi connectivity index (χ0n) is 19.5. The van der Waals surface area contributed by atoms with E-state index in [1.165, 1.54) is 20.8 Å². The largest absolute Gasteiger partial charge is 0.467 e. The van der Waals surface area contributed by atoms with Crippen molar-refractivity contribution in [2.45, 2.75) is 90.4 Å². The van der Waals surface area contributed by atoms with E-state index in [0.717, 1.165) is 7.11 Å². The van der Waals surface area contributed by atoms with Gasteiger partial charge in [0.05, 0.1) is 13.5 Å². The maximum atomic E-state index is 15.4. The van der Waals surface area contributed by atoms with Gasteiger partial charge in [-0.25, -0.2) is 9.18 Å². The van der Waals surface area contributed by atoms with Gasteiger partial charge in [-0.15, -0.1) is 12.3 Å². The SMILES string of the molecule is C#CCCC(=O)O[C@@H](C1OC(C)(C(=O)OC)C(F)C(C)C1CC(C)=O)[C@@H](CC)OC(C)=O. The third kappa shape index (κ3) is 6.52. The van der Waals surface area contributed by atoms with Crippen LogP contribution in [0.2, 0.25) is 0 Å². The van der Waals surface area contributed by atoms with Gasteiger partial charge in [0.15, 0.2) is 11.7 Å². The van der Waals surface area contributed by atoms with E-state index >= 15 is 4.39 Å². The van der Waals surface area contributed by atoms with Crippen molar-refractivity contribution in [1.82, 2.24) is 0 Å². The second kappa shape index (κ2) is 12.0. The maximum Gasteiger partial charge on any atom is 0.340 e. The Morgan fingerprint density at radius 3 is 2.31 bits per heavy atom. The fourth-order valence-corrected chi connectivity index (χ4v) is 4.10. The van der Waals surface area contributed by atoms with Crippen LogP contribution in [0.25, 0.3) is 0 Å². The van der Waals surface area contributed by atoms with Crippen molar-refractivity contribution < 1.29 is 42.5 Å². The summed E-state index contributed by atoms with van der Waals surface area (Å²) < 4.78 is 37.1. The van der Waals surface area contributed by atoms with E-state index in [2.05, 4.69) is 5.92 Å². The van der Waals surface area contributed by atoms with Crippen LogP contribution >= 0.6 is 0 Å². The molecule has 5 unspecified atom stereocenters. The molecule has 9 heteroatoms. The molecule has 0 aromatic heterocycles. The molecule has 1 aliphatic heterocycles. The van der Waals surface area contributed by atoms with Gasteiger partial charge in [0.25, 0.3) is 0 Å². The van der Waals surface area contributed by atoms with Crippen molar-refractivity contribution in [2.75, 3.05) is 7.11 Å². The fraction of sp³-hybridized carbons (Fsp3) is 0.739. The van der Waals surface area contributed by atoms with E-state index in [4.69, 9.17) is 25.4 Å². The summed E-state index contributed by atoms with van der Waals surface area (Å²) in [5.41, 5.74) is -2.01. The minimum Gasteiger partial charge on any atom is -0.467 e. The monoisotopic (exact) mass is 456 g/mol. The van der Waals surface area contributed by atoms with Crippen LogP contribution in [0.5, 0.6) is 0 Å². The van der Waals surface area contributed by atoms with Gasteiger partial charge in [-0.2, -0.15) is 0 Å². The molecule has 7 atom stereocenters. The van der Waals surface area contributed by atoms with E-state index in [9.17, 15) is 19.2 Å². The summed E-state index contributed by atoms with van der Waals surface area (Å²) in [6.07, 6.45) is 0.340. The predicted octanol–water partition coefficient (Wildman–Crippen LogP) is 2.55. The molecule has 32 heavy (non-hydrogen) atoms. The van der Waals surface area contributed by atoms with Crippen LogP contribution in [0.3, 0.4) is 0 Å². The smallest absolute Gasteiger partial charge is 0.340 e. The average molecular weight is 457 g/mol. The third-order valence-electron chi connectivity index (χ3n) is 5.73. The van der Waals surface area contributed by atoms with Crippen molar-refractivity contribution in [3.63, 3.8) is 0 Å². The Morgan fingerprint density at radius 1 is 1.22 bits per heavy atom. The lowest BCUT2D eigenvalue weighted by atomic mass is 9.72. The highest BCUT2D eigenvalue weighted by Crippen LogP contribution is 2.44. The molecule has 1 heterocycles. The highest BCUT2D eigenvalue weighted by atomic mass is 19.1. The lowest BCUT2D eigenvalue weighted by Crippen LogP contribution is -2.64. The molecule has 0 saturated carbocycles. The molecule has 0 radical (unpaired) electrons. The lowest BCUT2D eigenvalue weighted by molar-refractivity contribution is -0.252. The van der Waals surface area contributed by atoms with Crippen molar-refractivity contribution >= 4 is 23.7 Å². The van der Waals surface area contributed by atoms with Gasteiger partial charge in [-0.05, 0) is 26.2 Å². The first-order chi connectivity index (χ1) is 14.9. The Hall–Kier alpha value is -2.47. The van der Waals surface area contributed by atoms with Crippen LogP contribution in [-0.2, 0) is 38.1 Å². The van der Waals surface area contributed by atoms with E-state index in [-0.39, 0.29) is 31.5 Å². The summed E-state index contributed by atoms with van der Waals surface area (Å²) >= 11 is 0. The van der Waals surface area contributed by atoms with Crippen LogP contribution in [-0.4, -0.2) is 60.9 Å². The van der Waals surface area contributed by atoms with Gasteiger partial charge in [0.1, 0.15) is 24.2 Å². The number of Topliss-reactive ketones (excluding diaryl/α,β-unsaturated/α-hetero) is 1. The molecule has 8 nitrogen and oxygen atoms in total. The molecular formula is C23H33FO8. The first kappa shape index (κ1) is 27.6. The summed E-state index contributed by atoms with van der Waals surface area (Å²) in [7, 11) is 1.11. The second-order valence-electron chi connectivity index (χ2n) is 8.23. The van der Waals surface area contributed by atoms with Gasteiger partial charge in [-0.1, -0.05) is 13.8 Å². The molecule has 0 aliphatic carbocycles. The third-order valence-corrected chi connectivity index (χ3v) is 5.73. The van der Waals surface area contributed by atoms with Gasteiger partial charge in [0, 0.05) is 25.7 Å². The molecule has 1 rings (SSSR count). The number of hydrogen-bond donors (Lipinski definition) is 0. The molecular weight excluding hydrogens is 423 g/mol. The number of carbonyl (C=O) groups is 4. The average Bonchev–Trinajstić information content (AvgIpc) is 2.73. The van der Waals surface area contributed by atoms with Crippen molar-refractivity contribution in [3.05, 3.63) is 0 Å². The molecule has 0 aromatic rings. The summed E-state index contributed by atoms with van der Waals surface area (Å²) in [6.45, 7) is 7.06. The van der Waals surface area contributed by atoms with E-state index in [1.54, 1.807) is 13.8 Å². The van der Waals surface area contributed by atoms with Gasteiger partial charge in [0.2, 0.25) is 0 Å². The van der Waals surface area contributed by atoms with Crippen LogP contribution in [0.1, 0.15) is 60.3 Å². The number of esters is 3. The molecule has 0 aromatic carbocycles. The van der Waals surface area contributed by atoms with Crippen LogP contribution in [0, 0.1) is 24.2 Å². The quantitative estimate of drug-likeness (QED) is 0.281. The molecule has 0 bridgehead atoms. The fourth-order valence-electron chi connectivity index (χ4n) is 4.10. The molecule has 0 amide bonds. The Morgan fingerprint density at radius 2 is 1.84 bits per heavy atom. The topological polar surface area (TPSA) is 105 Å². The summed E-state index contributed by atoms with van der Waals surface area (Å²) in [5.74, 6) is -1.71. The summed E-state index contributed by atoms with van der Waals surface area (Å²) in [4.78, 5) is 48.6. The number of ketones is 1. The molecule has 1 fully saturated rings. The normalized spacial score (nSPS) is 29.2. The maximum absolute atomic E-state index is 15.4. The van der Waals surface area contributed by atoms with Crippen LogP contribution < -0.4 is 0 Å². The zero-order chi connectivity index (χ0) is 24.6. The van der Waals surface area contributed by atoms with Gasteiger partial charge in [-0.3, -0.25) is 9.59 Å². The number of halogens is 1.